The van der Waals surface area contributed by atoms with Crippen molar-refractivity contribution in [3.8, 4) is 6.07 Å². The summed E-state index contributed by atoms with van der Waals surface area (Å²) in [5, 5.41) is 16.2. The molecule has 84 valence electrons. The molecule has 0 spiro atoms. The molecule has 0 radical (unpaired) electrons. The Morgan fingerprint density at radius 3 is 2.73 bits per heavy atom. The minimum Gasteiger partial charge on any atom is -0.480 e. The van der Waals surface area contributed by atoms with Gasteiger partial charge in [-0.2, -0.15) is 9.57 Å². The number of sulfonamides is 1. The van der Waals surface area contributed by atoms with Gasteiger partial charge < -0.3 is 5.11 Å². The summed E-state index contributed by atoms with van der Waals surface area (Å²) in [6.07, 6.45) is 0.834. The van der Waals surface area contributed by atoms with Crippen molar-refractivity contribution in [2.24, 2.45) is 0 Å². The third kappa shape index (κ3) is 2.11. The van der Waals surface area contributed by atoms with Crippen LogP contribution in [0.4, 0.5) is 0 Å². The van der Waals surface area contributed by atoms with E-state index in [1.165, 1.54) is 6.92 Å². The lowest BCUT2D eigenvalue weighted by atomic mass is 10.2. The molecule has 1 unspecified atom stereocenters. The summed E-state index contributed by atoms with van der Waals surface area (Å²) in [5.74, 6) is -1.15. The predicted octanol–water partition coefficient (Wildman–Crippen LogP) is -0.223. The van der Waals surface area contributed by atoms with Gasteiger partial charge in [-0.25, -0.2) is 8.42 Å². The molecule has 0 saturated carbocycles. The molecule has 1 saturated heterocycles. The smallest absolute Gasteiger partial charge is 0.322 e. The van der Waals surface area contributed by atoms with Crippen molar-refractivity contribution in [1.82, 2.24) is 4.31 Å². The lowest BCUT2D eigenvalue weighted by Gasteiger charge is -2.21. The molecule has 15 heavy (non-hydrogen) atoms. The van der Waals surface area contributed by atoms with Gasteiger partial charge in [0.2, 0.25) is 10.0 Å². The van der Waals surface area contributed by atoms with Gasteiger partial charge in [-0.05, 0) is 19.8 Å². The van der Waals surface area contributed by atoms with Gasteiger partial charge in [-0.15, -0.1) is 0 Å². The van der Waals surface area contributed by atoms with E-state index in [2.05, 4.69) is 0 Å². The van der Waals surface area contributed by atoms with E-state index in [9.17, 15) is 13.2 Å². The average Bonchev–Trinajstić information content (AvgIpc) is 2.65. The minimum atomic E-state index is -3.79. The molecule has 1 rings (SSSR count). The van der Waals surface area contributed by atoms with Crippen molar-refractivity contribution in [2.75, 3.05) is 6.54 Å². The van der Waals surface area contributed by atoms with Crippen molar-refractivity contribution >= 4 is 16.0 Å². The molecule has 1 aliphatic heterocycles. The highest BCUT2D eigenvalue weighted by atomic mass is 32.2. The Kier molecular flexibility index (Phi) is 3.31. The highest BCUT2D eigenvalue weighted by Crippen LogP contribution is 2.23. The van der Waals surface area contributed by atoms with E-state index < -0.39 is 27.3 Å². The molecule has 1 fully saturated rings. The normalized spacial score (nSPS) is 24.7. The summed E-state index contributed by atoms with van der Waals surface area (Å²) >= 11 is 0. The molecule has 1 N–H and O–H groups in total. The number of hydrogen-bond donors (Lipinski definition) is 1. The second-order valence-electron chi connectivity index (χ2n) is 3.42. The first-order valence-corrected chi connectivity index (χ1v) is 6.04. The van der Waals surface area contributed by atoms with Gasteiger partial charge in [0.25, 0.3) is 0 Å². The van der Waals surface area contributed by atoms with Crippen LogP contribution in [0.5, 0.6) is 0 Å². The lowest BCUT2D eigenvalue weighted by Crippen LogP contribution is -2.43. The minimum absolute atomic E-state index is 0.186. The number of carboxylic acids is 1. The van der Waals surface area contributed by atoms with E-state index in [1.54, 1.807) is 6.07 Å². The second kappa shape index (κ2) is 4.16. The predicted molar refractivity (Wildman–Crippen MR) is 51.4 cm³/mol. The fourth-order valence-electron chi connectivity index (χ4n) is 1.56. The molecule has 0 aromatic carbocycles. The maximum atomic E-state index is 11.7. The standard InChI is InChI=1S/C8H12N2O4S/c1-6(5-9)15(13,14)10-4-2-3-7(10)8(11)12/h6-7H,2-4H2,1H3,(H,11,12)/t6?,7-/m1/s1. The van der Waals surface area contributed by atoms with Crippen LogP contribution < -0.4 is 0 Å². The molecule has 2 atom stereocenters. The first kappa shape index (κ1) is 11.9. The summed E-state index contributed by atoms with van der Waals surface area (Å²) in [5.41, 5.74) is 0. The van der Waals surface area contributed by atoms with Gasteiger partial charge in [-0.3, -0.25) is 4.79 Å². The molecule has 0 aromatic rings. The van der Waals surface area contributed by atoms with E-state index >= 15 is 0 Å². The summed E-state index contributed by atoms with van der Waals surface area (Å²) in [6, 6.07) is 0.610. The summed E-state index contributed by atoms with van der Waals surface area (Å²) < 4.78 is 24.4. The molecule has 0 aromatic heterocycles. The van der Waals surface area contributed by atoms with Crippen molar-refractivity contribution < 1.29 is 18.3 Å². The number of rotatable bonds is 3. The zero-order chi connectivity index (χ0) is 11.6. The SMILES string of the molecule is CC(C#N)S(=O)(=O)N1CCC[C@@H]1C(=O)O. The van der Waals surface area contributed by atoms with Crippen LogP contribution in [-0.2, 0) is 14.8 Å². The maximum absolute atomic E-state index is 11.7. The highest BCUT2D eigenvalue weighted by Gasteiger charge is 2.41. The number of nitrogens with zero attached hydrogens (tertiary/aromatic N) is 2. The Morgan fingerprint density at radius 2 is 2.27 bits per heavy atom. The number of aliphatic carboxylic acids is 1. The largest absolute Gasteiger partial charge is 0.480 e. The Labute approximate surface area is 88.2 Å². The zero-order valence-electron chi connectivity index (χ0n) is 8.25. The molecule has 0 amide bonds. The van der Waals surface area contributed by atoms with Gasteiger partial charge in [0.05, 0.1) is 6.07 Å². The van der Waals surface area contributed by atoms with Crippen LogP contribution in [0.25, 0.3) is 0 Å². The van der Waals surface area contributed by atoms with Gasteiger partial charge >= 0.3 is 5.97 Å². The van der Waals surface area contributed by atoms with E-state index in [0.29, 0.717) is 12.8 Å². The van der Waals surface area contributed by atoms with Crippen molar-refractivity contribution in [3.63, 3.8) is 0 Å². The van der Waals surface area contributed by atoms with Crippen molar-refractivity contribution in [3.05, 3.63) is 0 Å². The van der Waals surface area contributed by atoms with Gasteiger partial charge in [0, 0.05) is 6.54 Å². The third-order valence-electron chi connectivity index (χ3n) is 2.44. The Bertz CT molecular complexity index is 397. The van der Waals surface area contributed by atoms with Crippen LogP contribution in [0, 0.1) is 11.3 Å². The first-order valence-electron chi connectivity index (χ1n) is 4.54. The molecule has 1 aliphatic rings. The monoisotopic (exact) mass is 232 g/mol. The Morgan fingerprint density at radius 1 is 1.67 bits per heavy atom. The molecular formula is C8H12N2O4S. The highest BCUT2D eigenvalue weighted by molar-refractivity contribution is 7.90. The Balaban J connectivity index is 2.98. The van der Waals surface area contributed by atoms with Gasteiger partial charge in [0.1, 0.15) is 6.04 Å². The van der Waals surface area contributed by atoms with Crippen molar-refractivity contribution in [1.29, 1.82) is 5.26 Å². The number of hydrogen-bond acceptors (Lipinski definition) is 4. The second-order valence-corrected chi connectivity index (χ2v) is 5.63. The summed E-state index contributed by atoms with van der Waals surface area (Å²) in [6.45, 7) is 1.44. The van der Waals surface area contributed by atoms with Crippen LogP contribution in [0.3, 0.4) is 0 Å². The van der Waals surface area contributed by atoms with E-state index in [4.69, 9.17) is 10.4 Å². The van der Waals surface area contributed by atoms with E-state index in [-0.39, 0.29) is 6.54 Å². The van der Waals surface area contributed by atoms with Crippen LogP contribution in [-0.4, -0.2) is 41.6 Å². The number of carbonyl (C=O) groups is 1. The molecule has 1 heterocycles. The topological polar surface area (TPSA) is 98.5 Å². The van der Waals surface area contributed by atoms with Crippen LogP contribution in [0.1, 0.15) is 19.8 Å². The van der Waals surface area contributed by atoms with Gasteiger partial charge in [-0.1, -0.05) is 0 Å². The maximum Gasteiger partial charge on any atom is 0.322 e. The van der Waals surface area contributed by atoms with Gasteiger partial charge in [0.15, 0.2) is 5.25 Å². The average molecular weight is 232 g/mol. The van der Waals surface area contributed by atoms with E-state index in [1.807, 2.05) is 0 Å². The number of carboxylic acid groups (broad SMARTS) is 1. The molecule has 6 nitrogen and oxygen atoms in total. The Hall–Kier alpha value is -1.13. The number of nitriles is 1. The van der Waals surface area contributed by atoms with E-state index in [0.717, 1.165) is 4.31 Å². The summed E-state index contributed by atoms with van der Waals surface area (Å²) in [7, 11) is -3.79. The molecular weight excluding hydrogens is 220 g/mol. The van der Waals surface area contributed by atoms with Crippen LogP contribution in [0.15, 0.2) is 0 Å². The third-order valence-corrected chi connectivity index (χ3v) is 4.53. The fourth-order valence-corrected chi connectivity index (χ4v) is 3.03. The van der Waals surface area contributed by atoms with Crippen molar-refractivity contribution in [2.45, 2.75) is 31.1 Å². The molecule has 0 bridgehead atoms. The first-order chi connectivity index (χ1) is 6.91. The fraction of sp³-hybridized carbons (Fsp3) is 0.750. The lowest BCUT2D eigenvalue weighted by molar-refractivity contribution is -0.140. The quantitative estimate of drug-likeness (QED) is 0.725. The van der Waals surface area contributed by atoms with Crippen LogP contribution >= 0.6 is 0 Å². The summed E-state index contributed by atoms with van der Waals surface area (Å²) in [4.78, 5) is 10.8. The molecule has 0 aliphatic carbocycles. The van der Waals surface area contributed by atoms with Crippen LogP contribution in [0.2, 0.25) is 0 Å². The zero-order valence-corrected chi connectivity index (χ0v) is 9.07. The molecule has 7 heteroatoms.